The molecule has 0 saturated carbocycles. The topological polar surface area (TPSA) is 34.1 Å². The zero-order valence-electron chi connectivity index (χ0n) is 11.9. The molecule has 0 saturated heterocycles. The van der Waals surface area contributed by atoms with Crippen LogP contribution < -0.4 is 10.1 Å². The third-order valence-electron chi connectivity index (χ3n) is 2.95. The normalized spacial score (nSPS) is 12.2. The molecular weight excluding hydrogens is 292 g/mol. The molecule has 0 aliphatic carbocycles. The summed E-state index contributed by atoms with van der Waals surface area (Å²) in [6, 6.07) is 6.01. The first-order valence-corrected chi connectivity index (χ1v) is 7.96. The van der Waals surface area contributed by atoms with Crippen LogP contribution in [0.25, 0.3) is 0 Å². The summed E-state index contributed by atoms with van der Waals surface area (Å²) in [7, 11) is 0. The Morgan fingerprint density at radius 3 is 2.85 bits per heavy atom. The van der Waals surface area contributed by atoms with Crippen molar-refractivity contribution in [3.8, 4) is 5.75 Å². The van der Waals surface area contributed by atoms with Gasteiger partial charge in [0, 0.05) is 10.6 Å². The Morgan fingerprint density at radius 1 is 1.45 bits per heavy atom. The SMILES string of the molecule is CCCOc1ccc(NC(C)c2scnc2C)cc1Cl. The van der Waals surface area contributed by atoms with Crippen LogP contribution in [-0.4, -0.2) is 11.6 Å². The summed E-state index contributed by atoms with van der Waals surface area (Å²) in [5.74, 6) is 0.737. The smallest absolute Gasteiger partial charge is 0.138 e. The van der Waals surface area contributed by atoms with E-state index in [0.717, 1.165) is 23.6 Å². The van der Waals surface area contributed by atoms with E-state index in [4.69, 9.17) is 16.3 Å². The first kappa shape index (κ1) is 15.1. The lowest BCUT2D eigenvalue weighted by Crippen LogP contribution is -2.06. The Kier molecular flexibility index (Phi) is 5.26. The lowest BCUT2D eigenvalue weighted by Gasteiger charge is -2.15. The fourth-order valence-corrected chi connectivity index (χ4v) is 3.01. The van der Waals surface area contributed by atoms with Crippen molar-refractivity contribution in [2.45, 2.75) is 33.2 Å². The van der Waals surface area contributed by atoms with Gasteiger partial charge in [-0.1, -0.05) is 18.5 Å². The number of nitrogens with zero attached hydrogens (tertiary/aromatic N) is 1. The summed E-state index contributed by atoms with van der Waals surface area (Å²) in [4.78, 5) is 5.52. The zero-order chi connectivity index (χ0) is 14.5. The Labute approximate surface area is 129 Å². The number of benzene rings is 1. The van der Waals surface area contributed by atoms with Crippen molar-refractivity contribution in [1.82, 2.24) is 4.98 Å². The number of hydrogen-bond donors (Lipinski definition) is 1. The number of aryl methyl sites for hydroxylation is 1. The van der Waals surface area contributed by atoms with Gasteiger partial charge in [-0.05, 0) is 38.5 Å². The van der Waals surface area contributed by atoms with Crippen molar-refractivity contribution < 1.29 is 4.74 Å². The second-order valence-corrected chi connectivity index (χ2v) is 5.96. The second-order valence-electron chi connectivity index (χ2n) is 4.66. The maximum absolute atomic E-state index is 6.23. The minimum Gasteiger partial charge on any atom is -0.492 e. The predicted octanol–water partition coefficient (Wildman–Crippen LogP) is 5.07. The number of ether oxygens (including phenoxy) is 1. The maximum Gasteiger partial charge on any atom is 0.138 e. The highest BCUT2D eigenvalue weighted by atomic mass is 35.5. The van der Waals surface area contributed by atoms with Crippen LogP contribution >= 0.6 is 22.9 Å². The van der Waals surface area contributed by atoms with E-state index in [2.05, 4.69) is 24.1 Å². The van der Waals surface area contributed by atoms with Crippen LogP contribution in [0, 0.1) is 6.92 Å². The van der Waals surface area contributed by atoms with Gasteiger partial charge in [0.2, 0.25) is 0 Å². The highest BCUT2D eigenvalue weighted by Gasteiger charge is 2.11. The number of rotatable bonds is 6. The molecular formula is C15H19ClN2OS. The molecule has 0 amide bonds. The molecule has 0 fully saturated rings. The summed E-state index contributed by atoms with van der Waals surface area (Å²) >= 11 is 7.89. The molecule has 1 heterocycles. The first-order chi connectivity index (χ1) is 9.61. The van der Waals surface area contributed by atoms with Crippen molar-refractivity contribution in [3.05, 3.63) is 39.3 Å². The van der Waals surface area contributed by atoms with E-state index in [1.165, 1.54) is 4.88 Å². The largest absolute Gasteiger partial charge is 0.492 e. The van der Waals surface area contributed by atoms with E-state index in [-0.39, 0.29) is 6.04 Å². The molecule has 1 unspecified atom stereocenters. The average Bonchev–Trinajstić information content (AvgIpc) is 2.84. The molecule has 1 atom stereocenters. The third-order valence-corrected chi connectivity index (χ3v) is 4.36. The van der Waals surface area contributed by atoms with Crippen molar-refractivity contribution in [3.63, 3.8) is 0 Å². The van der Waals surface area contributed by atoms with Gasteiger partial charge < -0.3 is 10.1 Å². The summed E-state index contributed by atoms with van der Waals surface area (Å²) in [6.07, 6.45) is 0.970. The molecule has 108 valence electrons. The van der Waals surface area contributed by atoms with E-state index < -0.39 is 0 Å². The van der Waals surface area contributed by atoms with Crippen LogP contribution in [0.3, 0.4) is 0 Å². The van der Waals surface area contributed by atoms with Gasteiger partial charge in [0.25, 0.3) is 0 Å². The van der Waals surface area contributed by atoms with Gasteiger partial charge in [-0.25, -0.2) is 4.98 Å². The standard InChI is InChI=1S/C15H19ClN2OS/c1-4-7-19-14-6-5-12(8-13(14)16)18-11(3)15-10(2)17-9-20-15/h5-6,8-9,11,18H,4,7H2,1-3H3. The molecule has 2 rings (SSSR count). The lowest BCUT2D eigenvalue weighted by molar-refractivity contribution is 0.317. The monoisotopic (exact) mass is 310 g/mol. The summed E-state index contributed by atoms with van der Waals surface area (Å²) < 4.78 is 5.57. The molecule has 5 heteroatoms. The van der Waals surface area contributed by atoms with Crippen molar-refractivity contribution >= 4 is 28.6 Å². The van der Waals surface area contributed by atoms with E-state index in [9.17, 15) is 0 Å². The van der Waals surface area contributed by atoms with Crippen molar-refractivity contribution in [1.29, 1.82) is 0 Å². The van der Waals surface area contributed by atoms with Crippen LogP contribution in [0.2, 0.25) is 5.02 Å². The molecule has 1 aromatic carbocycles. The molecule has 0 aliphatic rings. The maximum atomic E-state index is 6.23. The molecule has 0 bridgehead atoms. The highest BCUT2D eigenvalue weighted by molar-refractivity contribution is 7.09. The molecule has 0 spiro atoms. The number of thiazole rings is 1. The second kappa shape index (κ2) is 6.95. The third kappa shape index (κ3) is 3.64. The number of hydrogen-bond acceptors (Lipinski definition) is 4. The highest BCUT2D eigenvalue weighted by Crippen LogP contribution is 2.30. The van der Waals surface area contributed by atoms with E-state index in [0.29, 0.717) is 11.6 Å². The quantitative estimate of drug-likeness (QED) is 0.809. The summed E-state index contributed by atoms with van der Waals surface area (Å²) in [5, 5.41) is 4.08. The van der Waals surface area contributed by atoms with Crippen LogP contribution in [0.1, 0.15) is 36.9 Å². The van der Waals surface area contributed by atoms with Crippen LogP contribution in [0.15, 0.2) is 23.7 Å². The molecule has 20 heavy (non-hydrogen) atoms. The van der Waals surface area contributed by atoms with Gasteiger partial charge in [-0.15, -0.1) is 11.3 Å². The van der Waals surface area contributed by atoms with E-state index in [1.54, 1.807) is 11.3 Å². The summed E-state index contributed by atoms with van der Waals surface area (Å²) in [6.45, 7) is 6.90. The van der Waals surface area contributed by atoms with Gasteiger partial charge in [0.15, 0.2) is 0 Å². The van der Waals surface area contributed by atoms with Crippen LogP contribution in [0.5, 0.6) is 5.75 Å². The fraction of sp³-hybridized carbons (Fsp3) is 0.400. The lowest BCUT2D eigenvalue weighted by atomic mass is 10.2. The Bertz CT molecular complexity index is 571. The molecule has 1 N–H and O–H groups in total. The minimum absolute atomic E-state index is 0.209. The fourth-order valence-electron chi connectivity index (χ4n) is 1.96. The molecule has 0 radical (unpaired) electrons. The van der Waals surface area contributed by atoms with Gasteiger partial charge in [0.1, 0.15) is 5.75 Å². The number of aromatic nitrogens is 1. The molecule has 0 aliphatic heterocycles. The molecule has 3 nitrogen and oxygen atoms in total. The minimum atomic E-state index is 0.209. The number of anilines is 1. The van der Waals surface area contributed by atoms with Gasteiger partial charge in [-0.2, -0.15) is 0 Å². The van der Waals surface area contributed by atoms with Crippen LogP contribution in [0.4, 0.5) is 5.69 Å². The number of nitrogens with one attached hydrogen (secondary N) is 1. The van der Waals surface area contributed by atoms with E-state index >= 15 is 0 Å². The zero-order valence-corrected chi connectivity index (χ0v) is 13.5. The van der Waals surface area contributed by atoms with Gasteiger partial charge in [-0.3, -0.25) is 0 Å². The first-order valence-electron chi connectivity index (χ1n) is 6.70. The summed E-state index contributed by atoms with van der Waals surface area (Å²) in [5.41, 5.74) is 3.93. The Balaban J connectivity index is 2.07. The Hall–Kier alpha value is -1.26. The van der Waals surface area contributed by atoms with E-state index in [1.807, 2.05) is 30.6 Å². The van der Waals surface area contributed by atoms with Crippen LogP contribution in [-0.2, 0) is 0 Å². The average molecular weight is 311 g/mol. The van der Waals surface area contributed by atoms with Gasteiger partial charge in [0.05, 0.1) is 28.9 Å². The van der Waals surface area contributed by atoms with Gasteiger partial charge >= 0.3 is 0 Å². The predicted molar refractivity (Wildman–Crippen MR) is 86.1 cm³/mol. The molecule has 2 aromatic rings. The van der Waals surface area contributed by atoms with Crippen molar-refractivity contribution in [2.75, 3.05) is 11.9 Å². The molecule has 1 aromatic heterocycles. The Morgan fingerprint density at radius 2 is 2.25 bits per heavy atom. The number of halogens is 1. The van der Waals surface area contributed by atoms with Crippen molar-refractivity contribution in [2.24, 2.45) is 0 Å².